The topological polar surface area (TPSA) is 33.1 Å². The van der Waals surface area contributed by atoms with Crippen molar-refractivity contribution in [3.63, 3.8) is 0 Å². The van der Waals surface area contributed by atoms with Gasteiger partial charge >= 0.3 is 0 Å². The predicted octanol–water partition coefficient (Wildman–Crippen LogP) is 1.87. The lowest BCUT2D eigenvalue weighted by Gasteiger charge is -2.29. The number of nitrogens with zero attached hydrogens (tertiary/aromatic N) is 3. The van der Waals surface area contributed by atoms with Gasteiger partial charge in [-0.05, 0) is 51.6 Å². The minimum atomic E-state index is 0.847. The van der Waals surface area contributed by atoms with Crippen molar-refractivity contribution in [2.75, 3.05) is 19.6 Å². The summed E-state index contributed by atoms with van der Waals surface area (Å²) in [5, 5.41) is 7.86. The number of rotatable bonds is 6. The first-order valence-corrected chi connectivity index (χ1v) is 7.81. The Balaban J connectivity index is 1.57. The van der Waals surface area contributed by atoms with Crippen LogP contribution in [0.4, 0.5) is 0 Å². The summed E-state index contributed by atoms with van der Waals surface area (Å²) >= 11 is 0. The third-order valence-corrected chi connectivity index (χ3v) is 4.41. The van der Waals surface area contributed by atoms with E-state index in [-0.39, 0.29) is 0 Å². The predicted molar refractivity (Wildman–Crippen MR) is 76.9 cm³/mol. The molecule has 0 unspecified atom stereocenters. The Bertz CT molecular complexity index is 391. The molecule has 2 fully saturated rings. The quantitative estimate of drug-likeness (QED) is 0.849. The molecule has 1 aromatic heterocycles. The zero-order chi connectivity index (χ0) is 13.1. The lowest BCUT2D eigenvalue weighted by atomic mass is 9.97. The molecular weight excluding hydrogens is 236 g/mol. The largest absolute Gasteiger partial charge is 0.317 e. The van der Waals surface area contributed by atoms with E-state index in [1.165, 1.54) is 50.9 Å². The molecule has 0 spiro atoms. The van der Waals surface area contributed by atoms with Crippen LogP contribution in [0.5, 0.6) is 0 Å². The summed E-state index contributed by atoms with van der Waals surface area (Å²) in [4.78, 5) is 2.70. The highest BCUT2D eigenvalue weighted by atomic mass is 15.3. The van der Waals surface area contributed by atoms with Crippen LogP contribution >= 0.6 is 0 Å². The Morgan fingerprint density at radius 1 is 1.32 bits per heavy atom. The second kappa shape index (κ2) is 6.06. The average Bonchev–Trinajstić information content (AvgIpc) is 3.20. The number of aryl methyl sites for hydroxylation is 1. The molecule has 1 saturated heterocycles. The minimum absolute atomic E-state index is 0.847. The summed E-state index contributed by atoms with van der Waals surface area (Å²) in [6.45, 7) is 7.90. The van der Waals surface area contributed by atoms with Gasteiger partial charge in [0.25, 0.3) is 0 Å². The zero-order valence-corrected chi connectivity index (χ0v) is 12.0. The molecule has 19 heavy (non-hydrogen) atoms. The van der Waals surface area contributed by atoms with Crippen LogP contribution < -0.4 is 5.32 Å². The molecule has 3 rings (SSSR count). The summed E-state index contributed by atoms with van der Waals surface area (Å²) in [7, 11) is 0. The zero-order valence-electron chi connectivity index (χ0n) is 12.0. The van der Waals surface area contributed by atoms with Gasteiger partial charge in [-0.15, -0.1) is 0 Å². The maximum absolute atomic E-state index is 4.39. The molecule has 2 heterocycles. The van der Waals surface area contributed by atoms with Gasteiger partial charge in [0, 0.05) is 37.4 Å². The van der Waals surface area contributed by atoms with Gasteiger partial charge < -0.3 is 5.32 Å². The van der Waals surface area contributed by atoms with Crippen LogP contribution in [0.15, 0.2) is 12.4 Å². The second-order valence-corrected chi connectivity index (χ2v) is 6.06. The highest BCUT2D eigenvalue weighted by molar-refractivity contribution is 5.05. The molecule has 106 valence electrons. The fourth-order valence-corrected chi connectivity index (χ4v) is 3.07. The summed E-state index contributed by atoms with van der Waals surface area (Å²) in [5.74, 6) is 0.892. The van der Waals surface area contributed by atoms with Crippen LogP contribution in [0.2, 0.25) is 0 Å². The van der Waals surface area contributed by atoms with Crippen LogP contribution in [0.3, 0.4) is 0 Å². The van der Waals surface area contributed by atoms with Gasteiger partial charge in [0.15, 0.2) is 0 Å². The van der Waals surface area contributed by atoms with Crippen molar-refractivity contribution in [3.05, 3.63) is 18.0 Å². The SMILES string of the molecule is CCn1cc(CN(CC2CCNCC2)C2CC2)cn1. The van der Waals surface area contributed by atoms with Crippen molar-refractivity contribution < 1.29 is 0 Å². The molecule has 0 aromatic carbocycles. The number of piperidine rings is 1. The molecule has 1 aliphatic heterocycles. The van der Waals surface area contributed by atoms with Gasteiger partial charge in [-0.2, -0.15) is 5.10 Å². The second-order valence-electron chi connectivity index (χ2n) is 6.06. The minimum Gasteiger partial charge on any atom is -0.317 e. The summed E-state index contributed by atoms with van der Waals surface area (Å²) in [6.07, 6.45) is 9.73. The van der Waals surface area contributed by atoms with Crippen molar-refractivity contribution >= 4 is 0 Å². The molecule has 1 N–H and O–H groups in total. The maximum Gasteiger partial charge on any atom is 0.0534 e. The van der Waals surface area contributed by atoms with E-state index >= 15 is 0 Å². The van der Waals surface area contributed by atoms with Gasteiger partial charge in [0.2, 0.25) is 0 Å². The molecular formula is C15H26N4. The van der Waals surface area contributed by atoms with Gasteiger partial charge in [0.1, 0.15) is 0 Å². The van der Waals surface area contributed by atoms with Gasteiger partial charge in [-0.3, -0.25) is 9.58 Å². The number of hydrogen-bond donors (Lipinski definition) is 1. The fourth-order valence-electron chi connectivity index (χ4n) is 3.07. The van der Waals surface area contributed by atoms with Crippen molar-refractivity contribution in [3.8, 4) is 0 Å². The third kappa shape index (κ3) is 3.57. The van der Waals surface area contributed by atoms with Crippen molar-refractivity contribution in [1.29, 1.82) is 0 Å². The van der Waals surface area contributed by atoms with Crippen LogP contribution in [-0.4, -0.2) is 40.4 Å². The first-order chi connectivity index (χ1) is 9.35. The van der Waals surface area contributed by atoms with E-state index in [0.29, 0.717) is 0 Å². The smallest absolute Gasteiger partial charge is 0.0534 e. The molecule has 4 heteroatoms. The Kier molecular flexibility index (Phi) is 4.18. The molecule has 0 radical (unpaired) electrons. The summed E-state index contributed by atoms with van der Waals surface area (Å²) in [5.41, 5.74) is 1.38. The number of hydrogen-bond acceptors (Lipinski definition) is 3. The molecule has 1 aliphatic carbocycles. The van der Waals surface area contributed by atoms with Crippen molar-refractivity contribution in [2.45, 2.75) is 51.7 Å². The van der Waals surface area contributed by atoms with Crippen molar-refractivity contribution in [1.82, 2.24) is 20.0 Å². The van der Waals surface area contributed by atoms with E-state index < -0.39 is 0 Å². The Morgan fingerprint density at radius 2 is 2.11 bits per heavy atom. The van der Waals surface area contributed by atoms with Crippen LogP contribution in [-0.2, 0) is 13.1 Å². The van der Waals surface area contributed by atoms with E-state index in [9.17, 15) is 0 Å². The normalized spacial score (nSPS) is 21.2. The maximum atomic E-state index is 4.39. The Morgan fingerprint density at radius 3 is 2.74 bits per heavy atom. The average molecular weight is 262 g/mol. The molecule has 0 amide bonds. The number of aromatic nitrogens is 2. The third-order valence-electron chi connectivity index (χ3n) is 4.41. The van der Waals surface area contributed by atoms with Crippen molar-refractivity contribution in [2.24, 2.45) is 5.92 Å². The lowest BCUT2D eigenvalue weighted by Crippen LogP contribution is -2.36. The van der Waals surface area contributed by atoms with E-state index in [4.69, 9.17) is 0 Å². The Hall–Kier alpha value is -0.870. The molecule has 1 aromatic rings. The molecule has 4 nitrogen and oxygen atoms in total. The molecule has 2 aliphatic rings. The first kappa shape index (κ1) is 13.1. The van der Waals surface area contributed by atoms with Crippen LogP contribution in [0.25, 0.3) is 0 Å². The fraction of sp³-hybridized carbons (Fsp3) is 0.800. The van der Waals surface area contributed by atoms with Crippen LogP contribution in [0.1, 0.15) is 38.2 Å². The monoisotopic (exact) mass is 262 g/mol. The Labute approximate surface area is 116 Å². The highest BCUT2D eigenvalue weighted by Gasteiger charge is 2.31. The van der Waals surface area contributed by atoms with Gasteiger partial charge in [0.05, 0.1) is 6.20 Å². The molecule has 1 saturated carbocycles. The standard InChI is InChI=1S/C15H26N4/c1-2-19-12-14(9-17-19)11-18(15-3-4-15)10-13-5-7-16-8-6-13/h9,12-13,15-16H,2-8,10-11H2,1H3. The lowest BCUT2D eigenvalue weighted by molar-refractivity contribution is 0.190. The van der Waals surface area contributed by atoms with E-state index in [2.05, 4.69) is 28.4 Å². The summed E-state index contributed by atoms with van der Waals surface area (Å²) < 4.78 is 2.03. The highest BCUT2D eigenvalue weighted by Crippen LogP contribution is 2.30. The first-order valence-electron chi connectivity index (χ1n) is 7.81. The number of nitrogens with one attached hydrogen (secondary N) is 1. The molecule has 0 bridgehead atoms. The van der Waals surface area contributed by atoms with E-state index in [1.807, 2.05) is 10.9 Å². The summed E-state index contributed by atoms with van der Waals surface area (Å²) in [6, 6.07) is 0.847. The van der Waals surface area contributed by atoms with E-state index in [1.54, 1.807) is 0 Å². The van der Waals surface area contributed by atoms with Gasteiger partial charge in [-0.25, -0.2) is 0 Å². The molecule has 0 atom stereocenters. The van der Waals surface area contributed by atoms with Crippen LogP contribution in [0, 0.1) is 5.92 Å². The van der Waals surface area contributed by atoms with E-state index in [0.717, 1.165) is 25.0 Å². The van der Waals surface area contributed by atoms with Gasteiger partial charge in [-0.1, -0.05) is 0 Å².